The summed E-state index contributed by atoms with van der Waals surface area (Å²) in [6, 6.07) is 19.9. The molecule has 4 rings (SSSR count). The van der Waals surface area contributed by atoms with Crippen LogP contribution in [0.4, 0.5) is 0 Å². The number of ketones is 1. The first-order valence-corrected chi connectivity index (χ1v) is 11.4. The summed E-state index contributed by atoms with van der Waals surface area (Å²) >= 11 is 12.6. The lowest BCUT2D eigenvalue weighted by molar-refractivity contribution is 0.0302. The van der Waals surface area contributed by atoms with Crippen LogP contribution in [0.5, 0.6) is 5.75 Å². The zero-order valence-corrected chi connectivity index (χ0v) is 19.4. The van der Waals surface area contributed by atoms with Gasteiger partial charge in [0.2, 0.25) is 0 Å². The summed E-state index contributed by atoms with van der Waals surface area (Å²) in [5.74, 6) is -0.0545. The fourth-order valence-corrected chi connectivity index (χ4v) is 4.11. The molecular formula is C26H23Cl2NO4. The Hall–Kier alpha value is -2.86. The van der Waals surface area contributed by atoms with Crippen LogP contribution in [0, 0.1) is 0 Å². The Balaban J connectivity index is 1.65. The largest absolute Gasteiger partial charge is 0.488 e. The van der Waals surface area contributed by atoms with E-state index >= 15 is 0 Å². The summed E-state index contributed by atoms with van der Waals surface area (Å²) in [5.41, 5.74) is 2.36. The van der Waals surface area contributed by atoms with E-state index in [-0.39, 0.29) is 29.7 Å². The van der Waals surface area contributed by atoms with Crippen molar-refractivity contribution in [3.8, 4) is 5.75 Å². The van der Waals surface area contributed by atoms with Gasteiger partial charge in [0, 0.05) is 24.5 Å². The minimum atomic E-state index is -0.207. The first kappa shape index (κ1) is 23.3. The molecule has 0 bridgehead atoms. The Morgan fingerprint density at radius 3 is 2.33 bits per heavy atom. The minimum absolute atomic E-state index is 0.134. The monoisotopic (exact) mass is 483 g/mol. The standard InChI is InChI=1S/C26H23Cl2NO4/c27-20-8-4-7-19(13-20)14-24(30)22-15-23(28)21(26(31)29-9-11-32-12-10-29)16-25(22)33-17-18-5-2-1-3-6-18/h1-8,13,15-16H,9-12,14,17H2. The van der Waals surface area contributed by atoms with Gasteiger partial charge < -0.3 is 14.4 Å². The zero-order valence-electron chi connectivity index (χ0n) is 17.9. The Morgan fingerprint density at radius 2 is 1.61 bits per heavy atom. The zero-order chi connectivity index (χ0) is 23.2. The molecule has 7 heteroatoms. The van der Waals surface area contributed by atoms with Crippen molar-refractivity contribution in [3.05, 3.63) is 99.0 Å². The summed E-state index contributed by atoms with van der Waals surface area (Å²) in [4.78, 5) is 28.0. The van der Waals surface area contributed by atoms with Crippen LogP contribution in [0.15, 0.2) is 66.7 Å². The van der Waals surface area contributed by atoms with Gasteiger partial charge in [-0.1, -0.05) is 65.7 Å². The molecular weight excluding hydrogens is 461 g/mol. The molecule has 0 spiro atoms. The maximum Gasteiger partial charge on any atom is 0.255 e. The van der Waals surface area contributed by atoms with Crippen molar-refractivity contribution in [2.45, 2.75) is 13.0 Å². The minimum Gasteiger partial charge on any atom is -0.488 e. The molecule has 0 atom stereocenters. The van der Waals surface area contributed by atoms with Crippen LogP contribution in [0.3, 0.4) is 0 Å². The Kier molecular flexibility index (Phi) is 7.65. The number of Topliss-reactive ketones (excluding diaryl/α,β-unsaturated/α-hetero) is 1. The van der Waals surface area contributed by atoms with E-state index in [0.717, 1.165) is 11.1 Å². The van der Waals surface area contributed by atoms with Crippen molar-refractivity contribution < 1.29 is 19.1 Å². The van der Waals surface area contributed by atoms with Gasteiger partial charge in [-0.05, 0) is 35.4 Å². The number of amides is 1. The number of carbonyl (C=O) groups is 2. The lowest BCUT2D eigenvalue weighted by atomic mass is 10.00. The Bertz CT molecular complexity index is 1140. The summed E-state index contributed by atoms with van der Waals surface area (Å²) in [6.07, 6.45) is 0.134. The number of carbonyl (C=O) groups excluding carboxylic acids is 2. The summed E-state index contributed by atoms with van der Waals surface area (Å²) in [7, 11) is 0. The maximum absolute atomic E-state index is 13.2. The lowest BCUT2D eigenvalue weighted by Gasteiger charge is -2.27. The van der Waals surface area contributed by atoms with Crippen LogP contribution < -0.4 is 4.74 Å². The smallest absolute Gasteiger partial charge is 0.255 e. The highest BCUT2D eigenvalue weighted by atomic mass is 35.5. The molecule has 3 aromatic carbocycles. The predicted octanol–water partition coefficient (Wildman–Crippen LogP) is 5.47. The topological polar surface area (TPSA) is 55.8 Å². The quantitative estimate of drug-likeness (QED) is 0.418. The van der Waals surface area contributed by atoms with Crippen LogP contribution in [0.25, 0.3) is 0 Å². The van der Waals surface area contributed by atoms with Gasteiger partial charge >= 0.3 is 0 Å². The summed E-state index contributed by atoms with van der Waals surface area (Å²) in [5, 5.41) is 0.776. The van der Waals surface area contributed by atoms with E-state index in [4.69, 9.17) is 32.7 Å². The van der Waals surface area contributed by atoms with E-state index in [1.54, 1.807) is 29.2 Å². The van der Waals surface area contributed by atoms with E-state index in [1.165, 1.54) is 6.07 Å². The average molecular weight is 484 g/mol. The molecule has 3 aromatic rings. The highest BCUT2D eigenvalue weighted by Crippen LogP contribution is 2.30. The molecule has 1 aliphatic heterocycles. The molecule has 0 unspecified atom stereocenters. The average Bonchev–Trinajstić information content (AvgIpc) is 2.84. The van der Waals surface area contributed by atoms with Crippen molar-refractivity contribution in [1.82, 2.24) is 4.90 Å². The molecule has 1 heterocycles. The molecule has 0 aliphatic carbocycles. The van der Waals surface area contributed by atoms with Crippen LogP contribution in [0.1, 0.15) is 31.8 Å². The maximum atomic E-state index is 13.2. The number of hydrogen-bond acceptors (Lipinski definition) is 4. The normalized spacial score (nSPS) is 13.6. The SMILES string of the molecule is O=C(Cc1cccc(Cl)c1)c1cc(Cl)c(C(=O)N2CCOCC2)cc1OCc1ccccc1. The van der Waals surface area contributed by atoms with E-state index in [9.17, 15) is 9.59 Å². The van der Waals surface area contributed by atoms with Gasteiger partial charge in [-0.2, -0.15) is 0 Å². The van der Waals surface area contributed by atoms with E-state index in [2.05, 4.69) is 0 Å². The number of halogens is 2. The van der Waals surface area contributed by atoms with Gasteiger partial charge in [0.05, 0.1) is 29.4 Å². The van der Waals surface area contributed by atoms with E-state index < -0.39 is 0 Å². The first-order valence-electron chi connectivity index (χ1n) is 10.7. The molecule has 5 nitrogen and oxygen atoms in total. The number of nitrogens with zero attached hydrogens (tertiary/aromatic N) is 1. The van der Waals surface area contributed by atoms with Crippen molar-refractivity contribution in [3.63, 3.8) is 0 Å². The molecule has 0 saturated carbocycles. The van der Waals surface area contributed by atoms with Gasteiger partial charge in [0.25, 0.3) is 5.91 Å². The summed E-state index contributed by atoms with van der Waals surface area (Å²) < 4.78 is 11.4. The molecule has 33 heavy (non-hydrogen) atoms. The second-order valence-corrected chi connectivity index (χ2v) is 8.58. The summed E-state index contributed by atoms with van der Waals surface area (Å²) in [6.45, 7) is 2.20. The highest BCUT2D eigenvalue weighted by Gasteiger charge is 2.24. The van der Waals surface area contributed by atoms with Crippen LogP contribution in [0.2, 0.25) is 10.0 Å². The van der Waals surface area contributed by atoms with E-state index in [1.807, 2.05) is 36.4 Å². The van der Waals surface area contributed by atoms with Gasteiger partial charge in [-0.25, -0.2) is 0 Å². The number of benzene rings is 3. The third kappa shape index (κ3) is 5.93. The Labute approximate surface area is 202 Å². The first-order chi connectivity index (χ1) is 16.0. The molecule has 170 valence electrons. The van der Waals surface area contributed by atoms with Crippen molar-refractivity contribution in [2.24, 2.45) is 0 Å². The highest BCUT2D eigenvalue weighted by molar-refractivity contribution is 6.34. The van der Waals surface area contributed by atoms with Gasteiger partial charge in [0.15, 0.2) is 5.78 Å². The molecule has 1 saturated heterocycles. The fourth-order valence-electron chi connectivity index (χ4n) is 3.65. The molecule has 1 fully saturated rings. The predicted molar refractivity (Wildman–Crippen MR) is 128 cm³/mol. The second kappa shape index (κ2) is 10.8. The number of ether oxygens (including phenoxy) is 2. The van der Waals surface area contributed by atoms with Crippen molar-refractivity contribution >= 4 is 34.9 Å². The second-order valence-electron chi connectivity index (χ2n) is 7.74. The number of morpholine rings is 1. The van der Waals surface area contributed by atoms with Gasteiger partial charge in [0.1, 0.15) is 12.4 Å². The fraction of sp³-hybridized carbons (Fsp3) is 0.231. The Morgan fingerprint density at radius 1 is 0.879 bits per heavy atom. The third-order valence-corrected chi connectivity index (χ3v) is 5.94. The van der Waals surface area contributed by atoms with Crippen LogP contribution in [-0.4, -0.2) is 42.9 Å². The number of hydrogen-bond donors (Lipinski definition) is 0. The molecule has 1 amide bonds. The van der Waals surface area contributed by atoms with Crippen LogP contribution in [-0.2, 0) is 17.8 Å². The van der Waals surface area contributed by atoms with Crippen molar-refractivity contribution in [2.75, 3.05) is 26.3 Å². The number of rotatable bonds is 7. The van der Waals surface area contributed by atoms with E-state index in [0.29, 0.717) is 48.2 Å². The molecule has 0 N–H and O–H groups in total. The molecule has 0 aromatic heterocycles. The molecule has 0 radical (unpaired) electrons. The third-order valence-electron chi connectivity index (χ3n) is 5.39. The van der Waals surface area contributed by atoms with Gasteiger partial charge in [-0.3, -0.25) is 9.59 Å². The lowest BCUT2D eigenvalue weighted by Crippen LogP contribution is -2.40. The molecule has 1 aliphatic rings. The van der Waals surface area contributed by atoms with Crippen LogP contribution >= 0.6 is 23.2 Å². The van der Waals surface area contributed by atoms with Crippen molar-refractivity contribution in [1.29, 1.82) is 0 Å². The van der Waals surface area contributed by atoms with Gasteiger partial charge in [-0.15, -0.1) is 0 Å².